The van der Waals surface area contributed by atoms with Crippen molar-refractivity contribution in [2.75, 3.05) is 4.90 Å². The lowest BCUT2D eigenvalue weighted by Gasteiger charge is -2.30. The van der Waals surface area contributed by atoms with Gasteiger partial charge in [0.1, 0.15) is 22.4 Å². The zero-order valence-electron chi connectivity index (χ0n) is 32.5. The van der Waals surface area contributed by atoms with Crippen LogP contribution in [0, 0.1) is 0 Å². The van der Waals surface area contributed by atoms with Crippen LogP contribution in [0.5, 0.6) is 0 Å². The Balaban J connectivity index is 1.04. The minimum absolute atomic E-state index is 0.601. The fourth-order valence-electron chi connectivity index (χ4n) is 10.3. The first-order valence-corrected chi connectivity index (χ1v) is 20.5. The van der Waals surface area contributed by atoms with Crippen LogP contribution in [0.2, 0.25) is 0 Å². The third-order valence-corrected chi connectivity index (χ3v) is 12.8. The molecule has 0 fully saturated rings. The molecule has 1 spiro atoms. The van der Waals surface area contributed by atoms with Gasteiger partial charge in [-0.25, -0.2) is 4.98 Å². The largest absolute Gasteiger partial charge is 0.456 e. The molecule has 0 saturated heterocycles. The summed E-state index contributed by atoms with van der Waals surface area (Å²) in [5.74, 6) is 1.04. The Morgan fingerprint density at radius 3 is 1.92 bits per heavy atom. The van der Waals surface area contributed by atoms with Gasteiger partial charge in [-0.15, -0.1) is 0 Å². The first kappa shape index (κ1) is 33.1. The number of anilines is 3. The number of nitrogens with zero attached hydrogens (tertiary/aromatic N) is 3. The molecule has 1 aliphatic heterocycles. The fourth-order valence-corrected chi connectivity index (χ4v) is 10.3. The van der Waals surface area contributed by atoms with Crippen molar-refractivity contribution < 1.29 is 4.42 Å². The molecule has 0 radical (unpaired) electrons. The highest BCUT2D eigenvalue weighted by molar-refractivity contribution is 6.12. The van der Waals surface area contributed by atoms with Gasteiger partial charge in [0, 0.05) is 27.7 Å². The minimum atomic E-state index is -0.601. The van der Waals surface area contributed by atoms with Crippen molar-refractivity contribution in [3.8, 4) is 39.1 Å². The second-order valence-electron chi connectivity index (χ2n) is 15.8. The Hall–Kier alpha value is -7.95. The summed E-state index contributed by atoms with van der Waals surface area (Å²) in [6, 6.07) is 76.5. The number of furan rings is 1. The van der Waals surface area contributed by atoms with Crippen molar-refractivity contribution in [3.63, 3.8) is 0 Å². The zero-order chi connectivity index (χ0) is 39.4. The molecule has 0 saturated carbocycles. The van der Waals surface area contributed by atoms with Gasteiger partial charge in [-0.3, -0.25) is 4.57 Å². The Bertz CT molecular complexity index is 3490. The highest BCUT2D eigenvalue weighted by atomic mass is 16.3. The van der Waals surface area contributed by atoms with Crippen molar-refractivity contribution in [2.45, 2.75) is 5.41 Å². The van der Waals surface area contributed by atoms with E-state index in [4.69, 9.17) is 9.40 Å². The predicted octanol–water partition coefficient (Wildman–Crippen LogP) is 14.4. The first-order valence-electron chi connectivity index (χ1n) is 20.5. The van der Waals surface area contributed by atoms with Crippen LogP contribution < -0.4 is 4.90 Å². The number of fused-ring (bicyclic) bond motifs is 15. The maximum absolute atomic E-state index is 6.29. The Morgan fingerprint density at radius 2 is 1.07 bits per heavy atom. The van der Waals surface area contributed by atoms with Gasteiger partial charge in [0.2, 0.25) is 0 Å². The molecule has 13 rings (SSSR count). The Labute approximate surface area is 346 Å². The summed E-state index contributed by atoms with van der Waals surface area (Å²) in [6.07, 6.45) is 0. The summed E-state index contributed by atoms with van der Waals surface area (Å²) >= 11 is 0. The molecule has 11 aromatic rings. The molecule has 0 bridgehead atoms. The van der Waals surface area contributed by atoms with Crippen molar-refractivity contribution in [1.29, 1.82) is 0 Å². The highest BCUT2D eigenvalue weighted by Crippen LogP contribution is 2.62. The molecule has 280 valence electrons. The Morgan fingerprint density at radius 1 is 0.450 bits per heavy atom. The Kier molecular flexibility index (Phi) is 6.90. The minimum Gasteiger partial charge on any atom is -0.456 e. The lowest BCUT2D eigenvalue weighted by Crippen LogP contribution is -2.27. The van der Waals surface area contributed by atoms with E-state index in [0.29, 0.717) is 0 Å². The maximum Gasteiger partial charge on any atom is 0.136 e. The van der Waals surface area contributed by atoms with Crippen LogP contribution in [0.1, 0.15) is 22.5 Å². The molecule has 4 heteroatoms. The molecular weight excluding hydrogens is 731 g/mol. The topological polar surface area (TPSA) is 34.2 Å². The van der Waals surface area contributed by atoms with E-state index < -0.39 is 5.41 Å². The van der Waals surface area contributed by atoms with Crippen LogP contribution in [0.15, 0.2) is 217 Å². The van der Waals surface area contributed by atoms with Gasteiger partial charge in [0.15, 0.2) is 0 Å². The molecule has 9 aromatic carbocycles. The molecule has 0 amide bonds. The maximum atomic E-state index is 6.29. The van der Waals surface area contributed by atoms with Crippen LogP contribution in [0.3, 0.4) is 0 Å². The number of rotatable bonds is 5. The van der Waals surface area contributed by atoms with Gasteiger partial charge < -0.3 is 9.32 Å². The normalized spacial score (nSPS) is 14.7. The van der Waals surface area contributed by atoms with E-state index in [-0.39, 0.29) is 0 Å². The van der Waals surface area contributed by atoms with E-state index >= 15 is 0 Å². The SMILES string of the molecule is c1ccc(-c2ccc(N(c3ccc(-c4cccc5oc6ccccc6c45)cc3)c3cccc4c3-c3ccccc3C43c4ccccc4-n4c3nc3ccccc34)cc2)cc1. The number of imidazole rings is 1. The third-order valence-electron chi connectivity index (χ3n) is 12.8. The smallest absolute Gasteiger partial charge is 0.136 e. The van der Waals surface area contributed by atoms with Crippen LogP contribution in [-0.2, 0) is 5.41 Å². The van der Waals surface area contributed by atoms with Gasteiger partial charge in [-0.1, -0.05) is 152 Å². The standard InChI is InChI=1S/C56H35N3O/c1-2-14-36(15-3-1)37-28-32-39(33-29-37)58(40-34-30-38(31-35-40)41-18-12-27-52-53(41)43-17-5-11-26-51(43)60-52)50-25-13-21-46-54(50)42-16-4-6-19-44(42)56(46)45-20-7-9-23-48(45)59-49-24-10-8-22-47(49)57-55(56)59/h1-35H. The molecular formula is C56H35N3O. The second kappa shape index (κ2) is 12.5. The van der Waals surface area contributed by atoms with Crippen molar-refractivity contribution in [2.24, 2.45) is 0 Å². The van der Waals surface area contributed by atoms with Gasteiger partial charge in [-0.05, 0) is 105 Å². The van der Waals surface area contributed by atoms with Gasteiger partial charge >= 0.3 is 0 Å². The van der Waals surface area contributed by atoms with Crippen LogP contribution >= 0.6 is 0 Å². The van der Waals surface area contributed by atoms with E-state index in [1.165, 1.54) is 44.6 Å². The van der Waals surface area contributed by atoms with Gasteiger partial charge in [0.05, 0.1) is 22.4 Å². The fraction of sp³-hybridized carbons (Fsp3) is 0.0179. The van der Waals surface area contributed by atoms with Gasteiger partial charge in [-0.2, -0.15) is 0 Å². The van der Waals surface area contributed by atoms with E-state index in [9.17, 15) is 0 Å². The highest BCUT2D eigenvalue weighted by Gasteiger charge is 2.55. The van der Waals surface area contributed by atoms with Crippen molar-refractivity contribution in [3.05, 3.63) is 235 Å². The van der Waals surface area contributed by atoms with Crippen LogP contribution in [-0.4, -0.2) is 9.55 Å². The molecule has 2 aliphatic rings. The monoisotopic (exact) mass is 765 g/mol. The summed E-state index contributed by atoms with van der Waals surface area (Å²) < 4.78 is 8.69. The van der Waals surface area contributed by atoms with E-state index in [1.807, 2.05) is 12.1 Å². The molecule has 60 heavy (non-hydrogen) atoms. The lowest BCUT2D eigenvalue weighted by molar-refractivity contribution is 0.669. The molecule has 2 aromatic heterocycles. The molecule has 1 atom stereocenters. The third kappa shape index (κ3) is 4.47. The summed E-state index contributed by atoms with van der Waals surface area (Å²) in [5, 5.41) is 2.27. The summed E-state index contributed by atoms with van der Waals surface area (Å²) in [7, 11) is 0. The van der Waals surface area contributed by atoms with E-state index in [1.54, 1.807) is 0 Å². The van der Waals surface area contributed by atoms with E-state index in [0.717, 1.165) is 67.0 Å². The molecule has 3 heterocycles. The number of hydrogen-bond donors (Lipinski definition) is 0. The van der Waals surface area contributed by atoms with E-state index in [2.05, 4.69) is 210 Å². The number of hydrogen-bond acceptors (Lipinski definition) is 3. The number of benzene rings is 9. The second-order valence-corrected chi connectivity index (χ2v) is 15.8. The quantitative estimate of drug-likeness (QED) is 0.175. The summed E-state index contributed by atoms with van der Waals surface area (Å²) in [6.45, 7) is 0. The van der Waals surface area contributed by atoms with Crippen LogP contribution in [0.4, 0.5) is 17.1 Å². The molecule has 1 aliphatic carbocycles. The predicted molar refractivity (Wildman–Crippen MR) is 245 cm³/mol. The summed E-state index contributed by atoms with van der Waals surface area (Å²) in [5.41, 5.74) is 18.6. The van der Waals surface area contributed by atoms with Gasteiger partial charge in [0.25, 0.3) is 0 Å². The average Bonchev–Trinajstić information content (AvgIpc) is 4.05. The molecule has 1 unspecified atom stereocenters. The van der Waals surface area contributed by atoms with Crippen molar-refractivity contribution >= 4 is 50.0 Å². The van der Waals surface area contributed by atoms with Crippen molar-refractivity contribution in [1.82, 2.24) is 9.55 Å². The first-order chi connectivity index (χ1) is 29.8. The lowest BCUT2D eigenvalue weighted by atomic mass is 9.73. The molecule has 4 nitrogen and oxygen atoms in total. The number of aromatic nitrogens is 2. The molecule has 0 N–H and O–H groups in total. The van der Waals surface area contributed by atoms with Crippen LogP contribution in [0.25, 0.3) is 72.0 Å². The average molecular weight is 766 g/mol. The number of para-hydroxylation sites is 4. The zero-order valence-corrected chi connectivity index (χ0v) is 32.5. The summed E-state index contributed by atoms with van der Waals surface area (Å²) in [4.78, 5) is 7.92.